The summed E-state index contributed by atoms with van der Waals surface area (Å²) in [6.45, 7) is 12.1. The molecule has 0 radical (unpaired) electrons. The third-order valence-electron chi connectivity index (χ3n) is 15.3. The van der Waals surface area contributed by atoms with Crippen LogP contribution >= 0.6 is 0 Å². The number of carbonyl (C=O) groups is 1. The molecule has 16 atom stereocenters. The average Bonchev–Trinajstić information content (AvgIpc) is 3.58. The number of aliphatic hydroxyl groups is 3. The number of rotatable bonds is 6. The summed E-state index contributed by atoms with van der Waals surface area (Å²) in [5, 5.41) is 34.6. The van der Waals surface area contributed by atoms with Gasteiger partial charge >= 0.3 is 0 Å². The van der Waals surface area contributed by atoms with Crippen molar-refractivity contribution in [2.75, 3.05) is 13.2 Å². The van der Waals surface area contributed by atoms with Crippen LogP contribution in [0.3, 0.4) is 0 Å². The molecule has 1 aromatic carbocycles. The van der Waals surface area contributed by atoms with E-state index in [1.807, 2.05) is 31.2 Å². The van der Waals surface area contributed by atoms with Gasteiger partial charge in [0.1, 0.15) is 24.4 Å². The van der Waals surface area contributed by atoms with Gasteiger partial charge in [0.15, 0.2) is 12.1 Å². The van der Waals surface area contributed by atoms with E-state index >= 15 is 0 Å². The second-order valence-electron chi connectivity index (χ2n) is 18.3. The van der Waals surface area contributed by atoms with Crippen molar-refractivity contribution in [1.82, 2.24) is 5.32 Å². The second-order valence-corrected chi connectivity index (χ2v) is 18.3. The van der Waals surface area contributed by atoms with Crippen LogP contribution in [0.25, 0.3) is 6.08 Å². The standard InChI is InChI=1S/C43H61NO8/c1-24-6-8-27(9-7-24)10-13-35(46)44-37-39(48)38(47)34(22-45)51-40(37)50-29-15-17-41(4)28(20-29)11-12-30-31(41)16-18-42(5)32(30)21-33-36(42)26(3)43(52-33)19-14-25(2)23-49-43/h6-11,13,25-26,29-34,36-40,45,47-48H,12,14-23H2,1-5H3,(H,44,46)/b13-10+/t25?,26-,29-,30+,31-,32-,33-,34+,36-,37+,38+,39+,40+,41-,42-,43+/m0/s1. The molecule has 1 unspecified atom stereocenters. The van der Waals surface area contributed by atoms with E-state index in [0.29, 0.717) is 35.5 Å². The lowest BCUT2D eigenvalue weighted by Gasteiger charge is -2.58. The molecule has 3 heterocycles. The predicted molar refractivity (Wildman–Crippen MR) is 196 cm³/mol. The van der Waals surface area contributed by atoms with Crippen molar-refractivity contribution in [2.45, 2.75) is 141 Å². The molecule has 3 aliphatic heterocycles. The van der Waals surface area contributed by atoms with Crippen LogP contribution < -0.4 is 5.32 Å². The van der Waals surface area contributed by atoms with Crippen molar-refractivity contribution in [3.8, 4) is 0 Å². The van der Waals surface area contributed by atoms with Gasteiger partial charge < -0.3 is 39.6 Å². The lowest BCUT2D eigenvalue weighted by molar-refractivity contribution is -0.284. The normalized spacial score (nSPS) is 48.5. The van der Waals surface area contributed by atoms with E-state index in [1.165, 1.54) is 30.9 Å². The van der Waals surface area contributed by atoms with Crippen molar-refractivity contribution in [1.29, 1.82) is 0 Å². The molecule has 8 rings (SSSR count). The molecular formula is C43H61NO8. The van der Waals surface area contributed by atoms with Gasteiger partial charge in [-0.15, -0.1) is 0 Å². The highest BCUT2D eigenvalue weighted by molar-refractivity contribution is 5.92. The first-order valence-electron chi connectivity index (χ1n) is 20.2. The summed E-state index contributed by atoms with van der Waals surface area (Å²) in [7, 11) is 0. The van der Waals surface area contributed by atoms with Crippen LogP contribution in [0.1, 0.15) is 96.6 Å². The number of aryl methyl sites for hydroxylation is 1. The Bertz CT molecular complexity index is 1540. The van der Waals surface area contributed by atoms with Gasteiger partial charge in [-0.1, -0.05) is 69.2 Å². The Hall–Kier alpha value is -2.11. The van der Waals surface area contributed by atoms with E-state index in [0.717, 1.165) is 56.3 Å². The van der Waals surface area contributed by atoms with Crippen LogP contribution in [0.2, 0.25) is 0 Å². The Morgan fingerprint density at radius 3 is 2.56 bits per heavy atom. The van der Waals surface area contributed by atoms with E-state index in [4.69, 9.17) is 18.9 Å². The largest absolute Gasteiger partial charge is 0.394 e. The molecule has 1 amide bonds. The molecule has 3 saturated heterocycles. The van der Waals surface area contributed by atoms with Crippen LogP contribution in [0, 0.1) is 53.3 Å². The first-order chi connectivity index (χ1) is 24.8. The van der Waals surface area contributed by atoms with Crippen LogP contribution in [0.4, 0.5) is 0 Å². The fraction of sp³-hybridized carbons (Fsp3) is 0.744. The summed E-state index contributed by atoms with van der Waals surface area (Å²) in [5.41, 5.74) is 3.83. The molecule has 6 fully saturated rings. The molecule has 4 aliphatic carbocycles. The quantitative estimate of drug-likeness (QED) is 0.219. The lowest BCUT2D eigenvalue weighted by Crippen LogP contribution is -2.65. The minimum absolute atomic E-state index is 0.100. The fourth-order valence-electron chi connectivity index (χ4n) is 12.4. The molecule has 1 aromatic rings. The molecule has 9 heteroatoms. The second kappa shape index (κ2) is 13.9. The zero-order valence-electron chi connectivity index (χ0n) is 31.7. The molecule has 3 saturated carbocycles. The van der Waals surface area contributed by atoms with Crippen molar-refractivity contribution in [3.05, 3.63) is 53.1 Å². The Labute approximate surface area is 309 Å². The van der Waals surface area contributed by atoms with Crippen molar-refractivity contribution in [3.63, 3.8) is 0 Å². The number of hydrogen-bond donors (Lipinski definition) is 4. The summed E-state index contributed by atoms with van der Waals surface area (Å²) >= 11 is 0. The Morgan fingerprint density at radius 1 is 1.04 bits per heavy atom. The molecule has 286 valence electrons. The third-order valence-corrected chi connectivity index (χ3v) is 15.3. The van der Waals surface area contributed by atoms with E-state index in [2.05, 4.69) is 39.1 Å². The van der Waals surface area contributed by atoms with Gasteiger partial charge in [0.25, 0.3) is 0 Å². The Morgan fingerprint density at radius 2 is 1.83 bits per heavy atom. The number of amides is 1. The van der Waals surface area contributed by atoms with Crippen molar-refractivity contribution < 1.29 is 39.1 Å². The average molecular weight is 720 g/mol. The van der Waals surface area contributed by atoms with Crippen molar-refractivity contribution in [2.24, 2.45) is 46.3 Å². The van der Waals surface area contributed by atoms with E-state index in [9.17, 15) is 20.1 Å². The topological polar surface area (TPSA) is 127 Å². The van der Waals surface area contributed by atoms with Gasteiger partial charge in [0, 0.05) is 18.4 Å². The monoisotopic (exact) mass is 719 g/mol. The summed E-state index contributed by atoms with van der Waals surface area (Å²) < 4.78 is 26.2. The number of fused-ring (bicyclic) bond motifs is 7. The zero-order chi connectivity index (χ0) is 36.6. The molecular weight excluding hydrogens is 658 g/mol. The van der Waals surface area contributed by atoms with Crippen LogP contribution in [-0.2, 0) is 23.7 Å². The minimum Gasteiger partial charge on any atom is -0.394 e. The molecule has 7 aliphatic rings. The number of nitrogens with one attached hydrogen (secondary N) is 1. The number of hydrogen-bond acceptors (Lipinski definition) is 8. The molecule has 52 heavy (non-hydrogen) atoms. The summed E-state index contributed by atoms with van der Waals surface area (Å²) in [4.78, 5) is 13.1. The number of aliphatic hydroxyl groups excluding tert-OH is 3. The van der Waals surface area contributed by atoms with Gasteiger partial charge in [0.05, 0.1) is 25.4 Å². The van der Waals surface area contributed by atoms with Crippen LogP contribution in [0.5, 0.6) is 0 Å². The Kier molecular flexibility index (Phi) is 9.83. The minimum atomic E-state index is -1.37. The maximum atomic E-state index is 13.1. The lowest BCUT2D eigenvalue weighted by atomic mass is 9.47. The smallest absolute Gasteiger partial charge is 0.244 e. The van der Waals surface area contributed by atoms with E-state index in [-0.39, 0.29) is 28.8 Å². The predicted octanol–water partition coefficient (Wildman–Crippen LogP) is 5.68. The van der Waals surface area contributed by atoms with Gasteiger partial charge in [-0.2, -0.15) is 0 Å². The summed E-state index contributed by atoms with van der Waals surface area (Å²) in [6.07, 6.45) is 10.5. The van der Waals surface area contributed by atoms with Gasteiger partial charge in [-0.05, 0) is 110 Å². The number of benzene rings is 1. The van der Waals surface area contributed by atoms with Gasteiger partial charge in [0.2, 0.25) is 5.91 Å². The molecule has 9 nitrogen and oxygen atoms in total. The van der Waals surface area contributed by atoms with Crippen LogP contribution in [0.15, 0.2) is 42.0 Å². The Balaban J connectivity index is 0.948. The molecule has 4 N–H and O–H groups in total. The maximum absolute atomic E-state index is 13.1. The number of allylic oxidation sites excluding steroid dienone is 1. The molecule has 0 bridgehead atoms. The zero-order valence-corrected chi connectivity index (χ0v) is 31.7. The fourth-order valence-corrected chi connectivity index (χ4v) is 12.4. The maximum Gasteiger partial charge on any atom is 0.244 e. The first kappa shape index (κ1) is 36.8. The van der Waals surface area contributed by atoms with Crippen LogP contribution in [-0.4, -0.2) is 83.1 Å². The molecule has 0 aromatic heterocycles. The highest BCUT2D eigenvalue weighted by Gasteiger charge is 2.68. The van der Waals surface area contributed by atoms with Crippen molar-refractivity contribution >= 4 is 12.0 Å². The third kappa shape index (κ3) is 6.15. The first-order valence-corrected chi connectivity index (χ1v) is 20.2. The van der Waals surface area contributed by atoms with Gasteiger partial charge in [-0.3, -0.25) is 4.79 Å². The summed E-state index contributed by atoms with van der Waals surface area (Å²) in [6, 6.07) is 6.81. The highest BCUT2D eigenvalue weighted by atomic mass is 16.7. The van der Waals surface area contributed by atoms with Gasteiger partial charge in [-0.25, -0.2) is 0 Å². The SMILES string of the molecule is Cc1ccc(/C=C/C(=O)N[C@H]2[C@H](O[C@H]3CC[C@@]4(C)C(=CC[C@H]5[C@@H]6C[C@@H]7O[C@]8(CCC(C)CO8)[C@@H](C)[C@@H]7[C@@]6(C)CC[C@@H]54)C3)O[C@H](CO)[C@@H](O)[C@@H]2O)cc1. The highest BCUT2D eigenvalue weighted by Crippen LogP contribution is 2.70. The summed E-state index contributed by atoms with van der Waals surface area (Å²) in [5.74, 6) is 2.68. The van der Waals surface area contributed by atoms with E-state index in [1.54, 1.807) is 6.08 Å². The van der Waals surface area contributed by atoms with E-state index < -0.39 is 43.2 Å². The molecule has 1 spiro atoms. The number of carbonyl (C=O) groups excluding carboxylic acids is 1. The number of ether oxygens (including phenoxy) is 4.